The number of halogens is 3. The van der Waals surface area contributed by atoms with E-state index in [2.05, 4.69) is 10.2 Å². The van der Waals surface area contributed by atoms with E-state index >= 15 is 0 Å². The van der Waals surface area contributed by atoms with Gasteiger partial charge < -0.3 is 24.0 Å². The van der Waals surface area contributed by atoms with Gasteiger partial charge in [-0.25, -0.2) is 0 Å². The summed E-state index contributed by atoms with van der Waals surface area (Å²) in [7, 11) is 1.89. The minimum atomic E-state index is -4.52. The Balaban J connectivity index is 1.32. The minimum absolute atomic E-state index is 0.0260. The molecule has 7 nitrogen and oxygen atoms in total. The highest BCUT2D eigenvalue weighted by atomic mass is 19.4. The van der Waals surface area contributed by atoms with Gasteiger partial charge in [0.2, 0.25) is 0 Å². The molecule has 1 aromatic heterocycles. The summed E-state index contributed by atoms with van der Waals surface area (Å²) in [4.78, 5) is 1.63. The Morgan fingerprint density at radius 2 is 2.03 bits per heavy atom. The zero-order chi connectivity index (χ0) is 25.8. The molecule has 0 radical (unpaired) electrons. The van der Waals surface area contributed by atoms with E-state index in [-0.39, 0.29) is 23.6 Å². The van der Waals surface area contributed by atoms with E-state index in [4.69, 9.17) is 9.47 Å². The first-order valence-electron chi connectivity index (χ1n) is 12.5. The molecular weight excluding hydrogens is 485 g/mol. The standard InChI is InChI=1S/C27H29F3N4O3/c1-33-16-31-32-24(33)12-26(14-36-15-26)18-4-2-5-19(11-18)34-13-22-21(25(34)35)9-17(8-20-6-3-7-37-20)10-23(22)27(28,29)30/h2,4-5,9-11,16,20,25,35H,3,6-8,12-15H2,1H3. The number of rotatable bonds is 6. The number of aryl methyl sites for hydroxylation is 1. The number of hydrogen-bond acceptors (Lipinski definition) is 6. The first-order chi connectivity index (χ1) is 17.7. The predicted molar refractivity (Wildman–Crippen MR) is 129 cm³/mol. The third-order valence-electron chi connectivity index (χ3n) is 7.89. The molecule has 10 heteroatoms. The monoisotopic (exact) mass is 514 g/mol. The molecule has 0 saturated carbocycles. The molecule has 3 aromatic rings. The molecule has 2 fully saturated rings. The third-order valence-corrected chi connectivity index (χ3v) is 7.89. The van der Waals surface area contributed by atoms with Crippen molar-refractivity contribution in [3.05, 3.63) is 76.4 Å². The summed E-state index contributed by atoms with van der Waals surface area (Å²) in [5.41, 5.74) is 1.66. The van der Waals surface area contributed by atoms with Gasteiger partial charge >= 0.3 is 6.18 Å². The summed E-state index contributed by atoms with van der Waals surface area (Å²) < 4.78 is 55.5. The molecule has 4 heterocycles. The van der Waals surface area contributed by atoms with Crippen LogP contribution in [0.2, 0.25) is 0 Å². The van der Waals surface area contributed by atoms with Crippen molar-refractivity contribution in [3.63, 3.8) is 0 Å². The Labute approximate surface area is 212 Å². The van der Waals surface area contributed by atoms with E-state index in [1.54, 1.807) is 17.3 Å². The van der Waals surface area contributed by atoms with Crippen molar-refractivity contribution in [1.82, 2.24) is 14.8 Å². The molecule has 37 heavy (non-hydrogen) atoms. The van der Waals surface area contributed by atoms with E-state index in [1.165, 1.54) is 6.07 Å². The lowest BCUT2D eigenvalue weighted by Gasteiger charge is -2.42. The van der Waals surface area contributed by atoms with Crippen molar-refractivity contribution in [2.75, 3.05) is 24.7 Å². The smallest absolute Gasteiger partial charge is 0.379 e. The SMILES string of the molecule is Cn1cnnc1CC1(c2cccc(N3Cc4c(cc(CC5CCCO5)cc4C(F)(F)F)C3O)c2)COC1. The quantitative estimate of drug-likeness (QED) is 0.535. The van der Waals surface area contributed by atoms with E-state index in [1.807, 2.05) is 35.9 Å². The van der Waals surface area contributed by atoms with Gasteiger partial charge in [-0.15, -0.1) is 10.2 Å². The van der Waals surface area contributed by atoms with E-state index in [0.29, 0.717) is 49.5 Å². The Morgan fingerprint density at radius 1 is 1.19 bits per heavy atom. The van der Waals surface area contributed by atoms with Crippen molar-refractivity contribution in [2.45, 2.75) is 56.2 Å². The highest BCUT2D eigenvalue weighted by molar-refractivity contribution is 5.58. The third kappa shape index (κ3) is 4.41. The normalized spacial score (nSPS) is 22.8. The van der Waals surface area contributed by atoms with E-state index in [9.17, 15) is 18.3 Å². The highest BCUT2D eigenvalue weighted by Gasteiger charge is 2.43. The molecule has 1 N–H and O–H groups in total. The van der Waals surface area contributed by atoms with Crippen molar-refractivity contribution < 1.29 is 27.8 Å². The molecule has 2 aromatic carbocycles. The number of ether oxygens (including phenoxy) is 2. The largest absolute Gasteiger partial charge is 0.416 e. The lowest BCUT2D eigenvalue weighted by atomic mass is 9.75. The van der Waals surface area contributed by atoms with Crippen LogP contribution >= 0.6 is 0 Å². The van der Waals surface area contributed by atoms with Crippen molar-refractivity contribution in [1.29, 1.82) is 0 Å². The zero-order valence-electron chi connectivity index (χ0n) is 20.5. The van der Waals surface area contributed by atoms with Crippen molar-refractivity contribution in [3.8, 4) is 0 Å². The van der Waals surface area contributed by atoms with Crippen LogP contribution in [0.5, 0.6) is 0 Å². The maximum atomic E-state index is 14.1. The Bertz CT molecular complexity index is 1300. The average molecular weight is 515 g/mol. The molecule has 2 atom stereocenters. The van der Waals surface area contributed by atoms with E-state index < -0.39 is 18.0 Å². The van der Waals surface area contributed by atoms with Crippen LogP contribution in [0, 0.1) is 0 Å². The molecule has 0 amide bonds. The van der Waals surface area contributed by atoms with Crippen LogP contribution in [0.4, 0.5) is 18.9 Å². The molecule has 6 rings (SSSR count). The number of benzene rings is 2. The van der Waals surface area contributed by atoms with Crippen LogP contribution in [0.15, 0.2) is 42.7 Å². The van der Waals surface area contributed by atoms with Crippen LogP contribution in [-0.2, 0) is 47.5 Å². The number of aromatic nitrogens is 3. The summed E-state index contributed by atoms with van der Waals surface area (Å²) in [6.45, 7) is 1.63. The number of fused-ring (bicyclic) bond motifs is 1. The Morgan fingerprint density at radius 3 is 2.68 bits per heavy atom. The van der Waals surface area contributed by atoms with Gasteiger partial charge in [0.15, 0.2) is 6.23 Å². The maximum absolute atomic E-state index is 14.1. The number of nitrogens with zero attached hydrogens (tertiary/aromatic N) is 4. The van der Waals surface area contributed by atoms with Crippen LogP contribution < -0.4 is 4.90 Å². The van der Waals surface area contributed by atoms with Crippen molar-refractivity contribution in [2.24, 2.45) is 7.05 Å². The molecular formula is C27H29F3N4O3. The summed E-state index contributed by atoms with van der Waals surface area (Å²) >= 11 is 0. The fourth-order valence-corrected chi connectivity index (χ4v) is 5.76. The second-order valence-corrected chi connectivity index (χ2v) is 10.4. The molecule has 0 spiro atoms. The predicted octanol–water partition coefficient (Wildman–Crippen LogP) is 4.08. The van der Waals surface area contributed by atoms with Crippen LogP contribution in [0.3, 0.4) is 0 Å². The molecule has 0 bridgehead atoms. The first-order valence-corrected chi connectivity index (χ1v) is 12.5. The Hall–Kier alpha value is -2.95. The van der Waals surface area contributed by atoms with Gasteiger partial charge in [0.1, 0.15) is 12.2 Å². The fourth-order valence-electron chi connectivity index (χ4n) is 5.76. The minimum Gasteiger partial charge on any atom is -0.379 e. The van der Waals surface area contributed by atoms with E-state index in [0.717, 1.165) is 24.2 Å². The topological polar surface area (TPSA) is 72.6 Å². The summed E-state index contributed by atoms with van der Waals surface area (Å²) in [6, 6.07) is 10.6. The summed E-state index contributed by atoms with van der Waals surface area (Å²) in [6.07, 6.45) is -1.34. The van der Waals surface area contributed by atoms with Gasteiger partial charge in [-0.2, -0.15) is 13.2 Å². The average Bonchev–Trinajstić information content (AvgIpc) is 3.57. The molecule has 2 saturated heterocycles. The molecule has 0 aliphatic carbocycles. The summed E-state index contributed by atoms with van der Waals surface area (Å²) in [5, 5.41) is 19.4. The van der Waals surface area contributed by atoms with Gasteiger partial charge in [0.25, 0.3) is 0 Å². The first kappa shape index (κ1) is 24.4. The number of alkyl halides is 3. The molecule has 3 aliphatic heterocycles. The van der Waals surface area contributed by atoms with Gasteiger partial charge in [0.05, 0.1) is 24.9 Å². The lowest BCUT2D eigenvalue weighted by Crippen LogP contribution is -2.49. The zero-order valence-corrected chi connectivity index (χ0v) is 20.5. The van der Waals surface area contributed by atoms with Crippen LogP contribution in [0.25, 0.3) is 0 Å². The number of anilines is 1. The van der Waals surface area contributed by atoms with Crippen LogP contribution in [-0.4, -0.2) is 45.8 Å². The van der Waals surface area contributed by atoms with Crippen molar-refractivity contribution >= 4 is 5.69 Å². The second-order valence-electron chi connectivity index (χ2n) is 10.4. The lowest BCUT2D eigenvalue weighted by molar-refractivity contribution is -0.138. The fraction of sp³-hybridized carbons (Fsp3) is 0.481. The second kappa shape index (κ2) is 9.11. The summed E-state index contributed by atoms with van der Waals surface area (Å²) in [5.74, 6) is 0.830. The van der Waals surface area contributed by atoms with Gasteiger partial charge in [-0.3, -0.25) is 0 Å². The maximum Gasteiger partial charge on any atom is 0.416 e. The van der Waals surface area contributed by atoms with Crippen LogP contribution in [0.1, 0.15) is 52.7 Å². The molecule has 2 unspecified atom stereocenters. The Kier molecular flexibility index (Phi) is 6.00. The van der Waals surface area contributed by atoms with Gasteiger partial charge in [-0.1, -0.05) is 18.2 Å². The number of aliphatic hydroxyl groups excluding tert-OH is 1. The number of aliphatic hydroxyl groups is 1. The number of hydrogen-bond donors (Lipinski definition) is 1. The van der Waals surface area contributed by atoms with Gasteiger partial charge in [0, 0.05) is 43.3 Å². The molecule has 196 valence electrons. The van der Waals surface area contributed by atoms with Gasteiger partial charge in [-0.05, 0) is 54.2 Å². The highest BCUT2D eigenvalue weighted by Crippen LogP contribution is 2.45. The molecule has 3 aliphatic rings.